The quantitative estimate of drug-likeness (QED) is 0.657. The monoisotopic (exact) mass is 349 g/mol. The van der Waals surface area contributed by atoms with E-state index in [1.165, 1.54) is 0 Å². The minimum atomic E-state index is -0.900. The van der Waals surface area contributed by atoms with Crippen molar-refractivity contribution in [2.45, 2.75) is 39.5 Å². The molecule has 1 amide bonds. The summed E-state index contributed by atoms with van der Waals surface area (Å²) in [7, 11) is 0. The van der Waals surface area contributed by atoms with E-state index in [9.17, 15) is 9.59 Å². The predicted molar refractivity (Wildman–Crippen MR) is 94.0 cm³/mol. The SMILES string of the molecule is CCCCOc1ccc(CCN2CC(C(=O)O)CC2=O)cc1OCC. The fourth-order valence-electron chi connectivity index (χ4n) is 2.84. The third-order valence-electron chi connectivity index (χ3n) is 4.30. The first kappa shape index (κ1) is 19.1. The largest absolute Gasteiger partial charge is 0.490 e. The van der Waals surface area contributed by atoms with Crippen LogP contribution < -0.4 is 9.47 Å². The van der Waals surface area contributed by atoms with E-state index in [4.69, 9.17) is 14.6 Å². The number of carbonyl (C=O) groups excluding carboxylic acids is 1. The molecule has 1 aromatic carbocycles. The first-order chi connectivity index (χ1) is 12.0. The summed E-state index contributed by atoms with van der Waals surface area (Å²) in [4.78, 5) is 24.5. The average Bonchev–Trinajstić information content (AvgIpc) is 2.96. The van der Waals surface area contributed by atoms with Gasteiger partial charge >= 0.3 is 5.97 Å². The minimum absolute atomic E-state index is 0.0862. The maximum Gasteiger partial charge on any atom is 0.308 e. The Hall–Kier alpha value is -2.24. The minimum Gasteiger partial charge on any atom is -0.490 e. The number of benzene rings is 1. The number of amides is 1. The number of carbonyl (C=O) groups is 2. The number of rotatable bonds is 10. The number of hydrogen-bond acceptors (Lipinski definition) is 4. The molecule has 1 fully saturated rings. The summed E-state index contributed by atoms with van der Waals surface area (Å²) in [6, 6.07) is 5.82. The van der Waals surface area contributed by atoms with Crippen LogP contribution in [0.1, 0.15) is 38.7 Å². The van der Waals surface area contributed by atoms with E-state index in [0.717, 1.165) is 24.2 Å². The molecular weight excluding hydrogens is 322 g/mol. The zero-order chi connectivity index (χ0) is 18.2. The second-order valence-electron chi connectivity index (χ2n) is 6.25. The summed E-state index contributed by atoms with van der Waals surface area (Å²) >= 11 is 0. The van der Waals surface area contributed by atoms with Crippen LogP contribution >= 0.6 is 0 Å². The standard InChI is InChI=1S/C19H27NO5/c1-3-5-10-25-16-7-6-14(11-17(16)24-4-2)8-9-20-13-15(19(22)23)12-18(20)21/h6-7,11,15H,3-5,8-10,12-13H2,1-2H3,(H,22,23). The van der Waals surface area contributed by atoms with Crippen molar-refractivity contribution in [3.05, 3.63) is 23.8 Å². The Kier molecular flexibility index (Phi) is 7.10. The molecule has 0 spiro atoms. The summed E-state index contributed by atoms with van der Waals surface area (Å²) in [5.41, 5.74) is 1.04. The van der Waals surface area contributed by atoms with Gasteiger partial charge in [0.1, 0.15) is 0 Å². The summed E-state index contributed by atoms with van der Waals surface area (Å²) in [5, 5.41) is 9.04. The summed E-state index contributed by atoms with van der Waals surface area (Å²) in [5.74, 6) is -0.115. The van der Waals surface area contributed by atoms with Gasteiger partial charge in [0.2, 0.25) is 5.91 Å². The van der Waals surface area contributed by atoms with Gasteiger partial charge in [0.25, 0.3) is 0 Å². The highest BCUT2D eigenvalue weighted by Gasteiger charge is 2.33. The van der Waals surface area contributed by atoms with Crippen LogP contribution in [0.5, 0.6) is 11.5 Å². The molecule has 1 atom stereocenters. The van der Waals surface area contributed by atoms with Crippen molar-refractivity contribution < 1.29 is 24.2 Å². The highest BCUT2D eigenvalue weighted by Crippen LogP contribution is 2.29. The summed E-state index contributed by atoms with van der Waals surface area (Å²) in [6.07, 6.45) is 2.83. The Morgan fingerprint density at radius 1 is 1.28 bits per heavy atom. The Bertz CT molecular complexity index is 601. The molecule has 6 heteroatoms. The van der Waals surface area contributed by atoms with E-state index in [-0.39, 0.29) is 12.3 Å². The van der Waals surface area contributed by atoms with Crippen molar-refractivity contribution in [3.63, 3.8) is 0 Å². The van der Waals surface area contributed by atoms with Crippen LogP contribution in [-0.2, 0) is 16.0 Å². The van der Waals surface area contributed by atoms with E-state index in [1.807, 2.05) is 25.1 Å². The highest BCUT2D eigenvalue weighted by atomic mass is 16.5. The lowest BCUT2D eigenvalue weighted by Gasteiger charge is -2.17. The molecule has 25 heavy (non-hydrogen) atoms. The third-order valence-corrected chi connectivity index (χ3v) is 4.30. The molecule has 1 aliphatic rings. The van der Waals surface area contributed by atoms with Crippen molar-refractivity contribution in [2.24, 2.45) is 5.92 Å². The van der Waals surface area contributed by atoms with Gasteiger partial charge in [-0.3, -0.25) is 9.59 Å². The van der Waals surface area contributed by atoms with Crippen LogP contribution in [-0.4, -0.2) is 48.2 Å². The smallest absolute Gasteiger partial charge is 0.308 e. The fourth-order valence-corrected chi connectivity index (χ4v) is 2.84. The van der Waals surface area contributed by atoms with Crippen LogP contribution in [0, 0.1) is 5.92 Å². The molecule has 1 saturated heterocycles. The third kappa shape index (κ3) is 5.37. The summed E-state index contributed by atoms with van der Waals surface area (Å²) in [6.45, 7) is 6.07. The number of carboxylic acids is 1. The van der Waals surface area contributed by atoms with Crippen LogP contribution in [0.3, 0.4) is 0 Å². The number of unbranched alkanes of at least 4 members (excludes halogenated alkanes) is 1. The zero-order valence-electron chi connectivity index (χ0n) is 15.0. The van der Waals surface area contributed by atoms with Gasteiger partial charge in [-0.25, -0.2) is 0 Å². The van der Waals surface area contributed by atoms with Gasteiger partial charge in [-0.15, -0.1) is 0 Å². The predicted octanol–water partition coefficient (Wildman–Crippen LogP) is 2.74. The van der Waals surface area contributed by atoms with Crippen molar-refractivity contribution >= 4 is 11.9 Å². The van der Waals surface area contributed by atoms with E-state index in [0.29, 0.717) is 38.5 Å². The molecule has 1 N–H and O–H groups in total. The molecule has 0 bridgehead atoms. The highest BCUT2D eigenvalue weighted by molar-refractivity contribution is 5.86. The van der Waals surface area contributed by atoms with Crippen molar-refractivity contribution in [2.75, 3.05) is 26.3 Å². The Morgan fingerprint density at radius 2 is 2.08 bits per heavy atom. The number of likely N-dealkylation sites (tertiary alicyclic amines) is 1. The lowest BCUT2D eigenvalue weighted by atomic mass is 10.1. The average molecular weight is 349 g/mol. The second-order valence-corrected chi connectivity index (χ2v) is 6.25. The molecule has 1 unspecified atom stereocenters. The van der Waals surface area contributed by atoms with Gasteiger partial charge in [-0.2, -0.15) is 0 Å². The molecule has 138 valence electrons. The van der Waals surface area contributed by atoms with E-state index < -0.39 is 11.9 Å². The molecule has 6 nitrogen and oxygen atoms in total. The molecule has 1 aromatic rings. The fraction of sp³-hybridized carbons (Fsp3) is 0.579. The Balaban J connectivity index is 1.96. The van der Waals surface area contributed by atoms with Crippen molar-refractivity contribution in [3.8, 4) is 11.5 Å². The van der Waals surface area contributed by atoms with Crippen LogP contribution in [0.25, 0.3) is 0 Å². The zero-order valence-corrected chi connectivity index (χ0v) is 15.0. The van der Waals surface area contributed by atoms with Gasteiger partial charge in [0.15, 0.2) is 11.5 Å². The first-order valence-corrected chi connectivity index (χ1v) is 8.94. The van der Waals surface area contributed by atoms with Crippen LogP contribution in [0.4, 0.5) is 0 Å². The maximum atomic E-state index is 11.9. The Labute approximate surface area is 148 Å². The molecular formula is C19H27NO5. The number of hydrogen-bond donors (Lipinski definition) is 1. The maximum absolute atomic E-state index is 11.9. The van der Waals surface area contributed by atoms with E-state index >= 15 is 0 Å². The van der Waals surface area contributed by atoms with Gasteiger partial charge < -0.3 is 19.5 Å². The number of carboxylic acid groups (broad SMARTS) is 1. The van der Waals surface area contributed by atoms with E-state index in [2.05, 4.69) is 6.92 Å². The topological polar surface area (TPSA) is 76.1 Å². The van der Waals surface area contributed by atoms with Gasteiger partial charge in [-0.1, -0.05) is 19.4 Å². The van der Waals surface area contributed by atoms with E-state index in [1.54, 1.807) is 4.90 Å². The molecule has 0 aliphatic carbocycles. The molecule has 1 heterocycles. The molecule has 0 radical (unpaired) electrons. The van der Waals surface area contributed by atoms with Crippen LogP contribution in [0.15, 0.2) is 18.2 Å². The van der Waals surface area contributed by atoms with Gasteiger partial charge in [-0.05, 0) is 37.5 Å². The number of ether oxygens (including phenoxy) is 2. The van der Waals surface area contributed by atoms with Crippen molar-refractivity contribution in [1.29, 1.82) is 0 Å². The second kappa shape index (κ2) is 9.30. The number of nitrogens with zero attached hydrogens (tertiary/aromatic N) is 1. The first-order valence-electron chi connectivity index (χ1n) is 8.94. The van der Waals surface area contributed by atoms with Gasteiger partial charge in [0.05, 0.1) is 19.1 Å². The lowest BCUT2D eigenvalue weighted by molar-refractivity contribution is -0.141. The van der Waals surface area contributed by atoms with Crippen molar-refractivity contribution in [1.82, 2.24) is 4.90 Å². The van der Waals surface area contributed by atoms with Crippen LogP contribution in [0.2, 0.25) is 0 Å². The molecule has 0 aromatic heterocycles. The summed E-state index contributed by atoms with van der Waals surface area (Å²) < 4.78 is 11.4. The molecule has 1 aliphatic heterocycles. The Morgan fingerprint density at radius 3 is 2.72 bits per heavy atom. The molecule has 2 rings (SSSR count). The number of aliphatic carboxylic acids is 1. The normalized spacial score (nSPS) is 17.0. The van der Waals surface area contributed by atoms with Gasteiger partial charge in [0, 0.05) is 19.5 Å². The lowest BCUT2D eigenvalue weighted by Crippen LogP contribution is -2.28. The molecule has 0 saturated carbocycles.